The maximum absolute atomic E-state index is 13.5. The first-order valence-corrected chi connectivity index (χ1v) is 13.2. The standard InChI is InChI=1S/C27H36N6O5/c1-5-37-26(36)25-31-30-20(38-25)15-28-24(35)22(27(2,3)4)29-23(34)21-18-13-9-10-14-19(18)33(32-21)16-17-11-7-6-8-12-17/h9-10,13-14,17,22H,5-8,11-12,15-16H2,1-4H3,(H,28,35)(H,29,34). The van der Waals surface area contributed by atoms with Crippen molar-refractivity contribution in [3.63, 3.8) is 0 Å². The highest BCUT2D eigenvalue weighted by Crippen LogP contribution is 2.28. The zero-order chi connectivity index (χ0) is 27.3. The average molecular weight is 525 g/mol. The van der Waals surface area contributed by atoms with Crippen LogP contribution in [0.1, 0.15) is 86.9 Å². The van der Waals surface area contributed by atoms with Crippen molar-refractivity contribution in [3.05, 3.63) is 41.7 Å². The number of aromatic nitrogens is 4. The Hall–Kier alpha value is -3.76. The lowest BCUT2D eigenvalue weighted by Gasteiger charge is -2.30. The highest BCUT2D eigenvalue weighted by atomic mass is 16.5. The van der Waals surface area contributed by atoms with Gasteiger partial charge in [0.15, 0.2) is 5.69 Å². The number of rotatable bonds is 9. The van der Waals surface area contributed by atoms with Crippen LogP contribution in [0.25, 0.3) is 10.9 Å². The van der Waals surface area contributed by atoms with Gasteiger partial charge < -0.3 is 19.8 Å². The van der Waals surface area contributed by atoms with Gasteiger partial charge in [0.05, 0.1) is 18.7 Å². The predicted octanol–water partition coefficient (Wildman–Crippen LogP) is 3.64. The molecule has 1 saturated carbocycles. The van der Waals surface area contributed by atoms with E-state index in [0.29, 0.717) is 11.6 Å². The third kappa shape index (κ3) is 6.38. The van der Waals surface area contributed by atoms with Crippen molar-refractivity contribution in [2.75, 3.05) is 6.61 Å². The molecule has 2 heterocycles. The second-order valence-corrected chi connectivity index (χ2v) is 10.8. The van der Waals surface area contributed by atoms with Gasteiger partial charge in [0.1, 0.15) is 6.04 Å². The van der Waals surface area contributed by atoms with Crippen molar-refractivity contribution < 1.29 is 23.5 Å². The van der Waals surface area contributed by atoms with Gasteiger partial charge in [-0.15, -0.1) is 10.2 Å². The molecule has 2 N–H and O–H groups in total. The van der Waals surface area contributed by atoms with Crippen molar-refractivity contribution in [2.24, 2.45) is 11.3 Å². The molecule has 38 heavy (non-hydrogen) atoms. The van der Waals surface area contributed by atoms with Crippen LogP contribution in [-0.2, 0) is 22.6 Å². The molecule has 11 nitrogen and oxygen atoms in total. The largest absolute Gasteiger partial charge is 0.459 e. The molecule has 1 aromatic carbocycles. The molecule has 204 valence electrons. The molecule has 3 aromatic rings. The van der Waals surface area contributed by atoms with Crippen molar-refractivity contribution in [3.8, 4) is 0 Å². The van der Waals surface area contributed by atoms with Gasteiger partial charge in [0, 0.05) is 11.9 Å². The lowest BCUT2D eigenvalue weighted by atomic mass is 9.86. The Kier molecular flexibility index (Phi) is 8.43. The van der Waals surface area contributed by atoms with Gasteiger partial charge in [-0.1, -0.05) is 58.2 Å². The van der Waals surface area contributed by atoms with Crippen molar-refractivity contribution in [1.82, 2.24) is 30.6 Å². The van der Waals surface area contributed by atoms with Crippen molar-refractivity contribution in [1.29, 1.82) is 0 Å². The molecule has 1 aliphatic rings. The highest BCUT2D eigenvalue weighted by Gasteiger charge is 2.34. The Bertz CT molecular complexity index is 1280. The van der Waals surface area contributed by atoms with Gasteiger partial charge in [-0.3, -0.25) is 14.3 Å². The smallest absolute Gasteiger partial charge is 0.396 e. The van der Waals surface area contributed by atoms with Gasteiger partial charge in [-0.05, 0) is 37.2 Å². The first-order chi connectivity index (χ1) is 18.2. The molecule has 4 rings (SSSR count). The minimum atomic E-state index is -0.871. The summed E-state index contributed by atoms with van der Waals surface area (Å²) in [5, 5.41) is 18.5. The molecular weight excluding hydrogens is 488 g/mol. The summed E-state index contributed by atoms with van der Waals surface area (Å²) < 4.78 is 12.0. The SMILES string of the molecule is CCOC(=O)c1nnc(CNC(=O)C(NC(=O)c2nn(CC3CCCCC3)c3ccccc23)C(C)(C)C)o1. The third-order valence-corrected chi connectivity index (χ3v) is 6.76. The normalized spacial score (nSPS) is 15.3. The Morgan fingerprint density at radius 2 is 1.87 bits per heavy atom. The van der Waals surface area contributed by atoms with Gasteiger partial charge in [-0.2, -0.15) is 5.10 Å². The third-order valence-electron chi connectivity index (χ3n) is 6.76. The van der Waals surface area contributed by atoms with E-state index in [-0.39, 0.29) is 24.9 Å². The van der Waals surface area contributed by atoms with Crippen LogP contribution in [0.5, 0.6) is 0 Å². The fraction of sp³-hybridized carbons (Fsp3) is 0.556. The summed E-state index contributed by atoms with van der Waals surface area (Å²) in [6.07, 6.45) is 6.08. The van der Waals surface area contributed by atoms with Crippen LogP contribution in [0.3, 0.4) is 0 Å². The van der Waals surface area contributed by atoms with E-state index < -0.39 is 29.2 Å². The number of nitrogens with zero attached hydrogens (tertiary/aromatic N) is 4. The van der Waals surface area contributed by atoms with E-state index in [1.807, 2.05) is 49.7 Å². The summed E-state index contributed by atoms with van der Waals surface area (Å²) in [7, 11) is 0. The van der Waals surface area contributed by atoms with E-state index in [4.69, 9.17) is 14.3 Å². The second kappa shape index (κ2) is 11.7. The summed E-state index contributed by atoms with van der Waals surface area (Å²) >= 11 is 0. The minimum Gasteiger partial charge on any atom is -0.459 e. The molecule has 11 heteroatoms. The lowest BCUT2D eigenvalue weighted by Crippen LogP contribution is -2.53. The highest BCUT2D eigenvalue weighted by molar-refractivity contribution is 6.06. The van der Waals surface area contributed by atoms with Crippen LogP contribution >= 0.6 is 0 Å². The zero-order valence-electron chi connectivity index (χ0n) is 22.5. The van der Waals surface area contributed by atoms with Crippen molar-refractivity contribution in [2.45, 2.75) is 78.9 Å². The number of hydrogen-bond acceptors (Lipinski definition) is 8. The molecular formula is C27H36N6O5. The number of fused-ring (bicyclic) bond motifs is 1. The zero-order valence-corrected chi connectivity index (χ0v) is 22.5. The number of amides is 2. The summed E-state index contributed by atoms with van der Waals surface area (Å²) in [5.41, 5.74) is 0.605. The minimum absolute atomic E-state index is 0.0489. The monoisotopic (exact) mass is 524 g/mol. The Labute approximate surface area is 221 Å². The molecule has 0 radical (unpaired) electrons. The number of carbonyl (C=O) groups excluding carboxylic acids is 3. The molecule has 0 saturated heterocycles. The topological polar surface area (TPSA) is 141 Å². The maximum Gasteiger partial charge on any atom is 0.396 e. The summed E-state index contributed by atoms with van der Waals surface area (Å²) in [4.78, 5) is 38.4. The summed E-state index contributed by atoms with van der Waals surface area (Å²) in [6.45, 7) is 8.10. The van der Waals surface area contributed by atoms with Gasteiger partial charge in [0.2, 0.25) is 11.8 Å². The molecule has 0 aliphatic heterocycles. The molecule has 2 aromatic heterocycles. The molecule has 1 aliphatic carbocycles. The van der Waals surface area contributed by atoms with E-state index in [0.717, 1.165) is 17.4 Å². The van der Waals surface area contributed by atoms with Gasteiger partial charge in [0.25, 0.3) is 5.91 Å². The quantitative estimate of drug-likeness (QED) is 0.404. The summed E-state index contributed by atoms with van der Waals surface area (Å²) in [6, 6.07) is 6.82. The number of benzene rings is 1. The Morgan fingerprint density at radius 3 is 2.58 bits per heavy atom. The van der Waals surface area contributed by atoms with Crippen LogP contribution in [0.2, 0.25) is 0 Å². The van der Waals surface area contributed by atoms with Crippen LogP contribution in [0.4, 0.5) is 0 Å². The second-order valence-electron chi connectivity index (χ2n) is 10.8. The Morgan fingerprint density at radius 1 is 1.13 bits per heavy atom. The fourth-order valence-corrected chi connectivity index (χ4v) is 4.79. The first kappa shape index (κ1) is 27.3. The van der Waals surface area contributed by atoms with Crippen molar-refractivity contribution >= 4 is 28.7 Å². The number of esters is 1. The number of nitrogens with one attached hydrogen (secondary N) is 2. The number of carbonyl (C=O) groups is 3. The van der Waals surface area contributed by atoms with Gasteiger partial charge in [-0.25, -0.2) is 4.79 Å². The molecule has 2 amide bonds. The molecule has 1 unspecified atom stereocenters. The molecule has 1 fully saturated rings. The first-order valence-electron chi connectivity index (χ1n) is 13.2. The predicted molar refractivity (Wildman–Crippen MR) is 139 cm³/mol. The number of para-hydroxylation sites is 1. The van der Waals surface area contributed by atoms with E-state index in [1.54, 1.807) is 6.92 Å². The lowest BCUT2D eigenvalue weighted by molar-refractivity contribution is -0.125. The Balaban J connectivity index is 1.48. The molecule has 0 bridgehead atoms. The van der Waals surface area contributed by atoms with Crippen LogP contribution in [0.15, 0.2) is 28.7 Å². The van der Waals surface area contributed by atoms with Crippen LogP contribution in [0, 0.1) is 11.3 Å². The number of hydrogen-bond donors (Lipinski definition) is 2. The van der Waals surface area contributed by atoms with E-state index in [9.17, 15) is 14.4 Å². The maximum atomic E-state index is 13.5. The van der Waals surface area contributed by atoms with Crippen LogP contribution < -0.4 is 10.6 Å². The summed E-state index contributed by atoms with van der Waals surface area (Å²) in [5.74, 6) is -1.26. The van der Waals surface area contributed by atoms with E-state index in [2.05, 4.69) is 20.8 Å². The van der Waals surface area contributed by atoms with E-state index >= 15 is 0 Å². The number of ether oxygens (including phenoxy) is 1. The molecule has 1 atom stereocenters. The van der Waals surface area contributed by atoms with Crippen LogP contribution in [-0.4, -0.2) is 50.4 Å². The average Bonchev–Trinajstić information content (AvgIpc) is 3.51. The molecule has 0 spiro atoms. The fourth-order valence-electron chi connectivity index (χ4n) is 4.79. The van der Waals surface area contributed by atoms with Gasteiger partial charge >= 0.3 is 11.9 Å². The van der Waals surface area contributed by atoms with E-state index in [1.165, 1.54) is 32.1 Å².